The Morgan fingerprint density at radius 1 is 1.08 bits per heavy atom. The van der Waals surface area contributed by atoms with Crippen LogP contribution in [-0.4, -0.2) is 64.5 Å². The molecule has 0 aliphatic carbocycles. The quantitative estimate of drug-likeness (QED) is 0.467. The maximum atomic E-state index is 13.2. The minimum absolute atomic E-state index is 0.00518. The van der Waals surface area contributed by atoms with Crippen molar-refractivity contribution in [2.45, 2.75) is 50.6 Å². The number of alkyl halides is 5. The number of anilines is 1. The topological polar surface area (TPSA) is 63.9 Å². The lowest BCUT2D eigenvalue weighted by Crippen LogP contribution is -2.49. The first-order valence-corrected chi connectivity index (χ1v) is 11.9. The van der Waals surface area contributed by atoms with Crippen LogP contribution in [-0.2, 0) is 10.9 Å². The monoisotopic (exact) mass is 511 g/mol. The fourth-order valence-corrected chi connectivity index (χ4v) is 5.02. The molecule has 2 saturated heterocycles. The molecule has 1 atom stereocenters. The molecule has 194 valence electrons. The molecule has 0 radical (unpaired) electrons. The van der Waals surface area contributed by atoms with Gasteiger partial charge in [-0.1, -0.05) is 0 Å². The van der Waals surface area contributed by atoms with E-state index in [4.69, 9.17) is 4.74 Å². The predicted octanol–water partition coefficient (Wildman–Crippen LogP) is 5.07. The van der Waals surface area contributed by atoms with Crippen LogP contribution >= 0.6 is 0 Å². The van der Waals surface area contributed by atoms with Crippen molar-refractivity contribution in [1.82, 2.24) is 19.5 Å². The van der Waals surface area contributed by atoms with Crippen LogP contribution in [0.25, 0.3) is 16.8 Å². The van der Waals surface area contributed by atoms with Crippen LogP contribution < -0.4 is 10.1 Å². The van der Waals surface area contributed by atoms with Crippen molar-refractivity contribution >= 4 is 11.5 Å². The standard InChI is InChI=1S/C24H26F5N5O2/c25-22(26)36-20-13-15(24(27,28)29)5-6-18(20)21-19-4-2-10-34(19)23(32-31-21)30-16-3-1-9-33(14-16)17-7-11-35-12-8-17/h2,4-6,10,13,16-17,22H,1,3,7-9,11-12,14H2,(H,30,32)/t16-/m1/s1. The zero-order chi connectivity index (χ0) is 25.3. The van der Waals surface area contributed by atoms with Gasteiger partial charge in [-0.3, -0.25) is 9.30 Å². The number of aromatic nitrogens is 3. The Morgan fingerprint density at radius 2 is 1.89 bits per heavy atom. The molecular formula is C24H26F5N5O2. The van der Waals surface area contributed by atoms with Gasteiger partial charge in [0, 0.05) is 43.6 Å². The fraction of sp³-hybridized carbons (Fsp3) is 0.500. The first-order chi connectivity index (χ1) is 17.3. The first kappa shape index (κ1) is 24.7. The molecule has 4 heterocycles. The molecule has 5 rings (SSSR count). The second-order valence-corrected chi connectivity index (χ2v) is 9.04. The van der Waals surface area contributed by atoms with Gasteiger partial charge < -0.3 is 14.8 Å². The number of nitrogens with zero attached hydrogens (tertiary/aromatic N) is 4. The normalized spacial score (nSPS) is 20.2. The molecule has 2 aliphatic rings. The smallest absolute Gasteiger partial charge is 0.416 e. The van der Waals surface area contributed by atoms with Crippen molar-refractivity contribution in [2.75, 3.05) is 31.6 Å². The van der Waals surface area contributed by atoms with E-state index in [9.17, 15) is 22.0 Å². The molecular weight excluding hydrogens is 485 g/mol. The van der Waals surface area contributed by atoms with Gasteiger partial charge in [0.1, 0.15) is 11.4 Å². The van der Waals surface area contributed by atoms with Crippen LogP contribution in [0.15, 0.2) is 36.5 Å². The molecule has 1 N–H and O–H groups in total. The first-order valence-electron chi connectivity index (χ1n) is 11.9. The van der Waals surface area contributed by atoms with Crippen molar-refractivity contribution < 1.29 is 31.4 Å². The molecule has 0 spiro atoms. The van der Waals surface area contributed by atoms with Gasteiger partial charge in [0.05, 0.1) is 11.1 Å². The van der Waals surface area contributed by atoms with Gasteiger partial charge in [-0.25, -0.2) is 0 Å². The predicted molar refractivity (Wildman–Crippen MR) is 122 cm³/mol. The number of halogens is 5. The van der Waals surface area contributed by atoms with E-state index in [0.29, 0.717) is 23.6 Å². The Hall–Kier alpha value is -2.99. The van der Waals surface area contributed by atoms with Crippen LogP contribution in [0, 0.1) is 0 Å². The summed E-state index contributed by atoms with van der Waals surface area (Å²) in [6, 6.07) is 6.52. The summed E-state index contributed by atoms with van der Waals surface area (Å²) in [5.41, 5.74) is -0.453. The van der Waals surface area contributed by atoms with Crippen molar-refractivity contribution in [3.63, 3.8) is 0 Å². The van der Waals surface area contributed by atoms with Gasteiger partial charge in [0.2, 0.25) is 5.95 Å². The Labute approximate surface area is 204 Å². The number of ether oxygens (including phenoxy) is 2. The molecule has 2 aliphatic heterocycles. The van der Waals surface area contributed by atoms with E-state index in [2.05, 4.69) is 25.2 Å². The van der Waals surface area contributed by atoms with E-state index in [1.807, 2.05) is 0 Å². The molecule has 12 heteroatoms. The third kappa shape index (κ3) is 5.24. The number of fused-ring (bicyclic) bond motifs is 1. The van der Waals surface area contributed by atoms with Gasteiger partial charge in [-0.2, -0.15) is 22.0 Å². The second-order valence-electron chi connectivity index (χ2n) is 9.04. The molecule has 36 heavy (non-hydrogen) atoms. The van der Waals surface area contributed by atoms with Crippen LogP contribution in [0.1, 0.15) is 31.2 Å². The van der Waals surface area contributed by atoms with Crippen molar-refractivity contribution in [2.24, 2.45) is 0 Å². The molecule has 0 amide bonds. The largest absolute Gasteiger partial charge is 0.434 e. The lowest BCUT2D eigenvalue weighted by atomic mass is 10.00. The SMILES string of the molecule is FC(F)Oc1cc(C(F)(F)F)ccc1-c1nnc(N[C@@H]2CCCN(C3CCOCC3)C2)n2cccc12. The van der Waals surface area contributed by atoms with Crippen LogP contribution in [0.3, 0.4) is 0 Å². The summed E-state index contributed by atoms with van der Waals surface area (Å²) >= 11 is 0. The minimum Gasteiger partial charge on any atom is -0.434 e. The lowest BCUT2D eigenvalue weighted by molar-refractivity contribution is -0.138. The summed E-state index contributed by atoms with van der Waals surface area (Å²) in [6.07, 6.45) is 1.05. The van der Waals surface area contributed by atoms with Gasteiger partial charge in [0.15, 0.2) is 0 Å². The third-order valence-corrected chi connectivity index (χ3v) is 6.74. The average molecular weight is 511 g/mol. The third-order valence-electron chi connectivity index (χ3n) is 6.74. The van der Waals surface area contributed by atoms with Crippen LogP contribution in [0.2, 0.25) is 0 Å². The molecule has 0 bridgehead atoms. The molecule has 2 fully saturated rings. The number of hydrogen-bond donors (Lipinski definition) is 1. The maximum absolute atomic E-state index is 13.2. The summed E-state index contributed by atoms with van der Waals surface area (Å²) in [5.74, 6) is -0.141. The molecule has 1 aromatic carbocycles. The minimum atomic E-state index is -4.71. The highest BCUT2D eigenvalue weighted by molar-refractivity contribution is 5.81. The highest BCUT2D eigenvalue weighted by Gasteiger charge is 2.32. The van der Waals surface area contributed by atoms with E-state index in [1.54, 1.807) is 22.7 Å². The number of likely N-dealkylation sites (tertiary alicyclic amines) is 1. The summed E-state index contributed by atoms with van der Waals surface area (Å²) in [6.45, 7) is 0.137. The van der Waals surface area contributed by atoms with Crippen LogP contribution in [0.5, 0.6) is 5.75 Å². The highest BCUT2D eigenvalue weighted by Crippen LogP contribution is 2.38. The van der Waals surface area contributed by atoms with E-state index in [1.165, 1.54) is 0 Å². The fourth-order valence-electron chi connectivity index (χ4n) is 5.02. The van der Waals surface area contributed by atoms with Gasteiger partial charge >= 0.3 is 12.8 Å². The van der Waals surface area contributed by atoms with E-state index in [0.717, 1.165) is 64.1 Å². The van der Waals surface area contributed by atoms with Crippen molar-refractivity contribution in [1.29, 1.82) is 0 Å². The van der Waals surface area contributed by atoms with E-state index < -0.39 is 24.1 Å². The van der Waals surface area contributed by atoms with Crippen LogP contribution in [0.4, 0.5) is 27.9 Å². The number of hydrogen-bond acceptors (Lipinski definition) is 6. The van der Waals surface area contributed by atoms with Crippen molar-refractivity contribution in [3.05, 3.63) is 42.1 Å². The Morgan fingerprint density at radius 3 is 2.64 bits per heavy atom. The zero-order valence-corrected chi connectivity index (χ0v) is 19.3. The zero-order valence-electron chi connectivity index (χ0n) is 19.3. The Balaban J connectivity index is 1.42. The van der Waals surface area contributed by atoms with Gasteiger partial charge in [-0.15, -0.1) is 10.2 Å². The summed E-state index contributed by atoms with van der Waals surface area (Å²) in [7, 11) is 0. The van der Waals surface area contributed by atoms with E-state index in [-0.39, 0.29) is 17.3 Å². The maximum Gasteiger partial charge on any atom is 0.416 e. The summed E-state index contributed by atoms with van der Waals surface area (Å²) < 4.78 is 77.2. The molecule has 3 aromatic rings. The number of nitrogens with one attached hydrogen (secondary N) is 1. The van der Waals surface area contributed by atoms with Crippen molar-refractivity contribution in [3.8, 4) is 17.0 Å². The average Bonchev–Trinajstić information content (AvgIpc) is 3.35. The Kier molecular flexibility index (Phi) is 6.98. The molecule has 0 unspecified atom stereocenters. The number of piperidine rings is 1. The lowest BCUT2D eigenvalue weighted by Gasteiger charge is -2.40. The van der Waals surface area contributed by atoms with Gasteiger partial charge in [-0.05, 0) is 62.6 Å². The highest BCUT2D eigenvalue weighted by atomic mass is 19.4. The summed E-state index contributed by atoms with van der Waals surface area (Å²) in [4.78, 5) is 2.48. The Bertz CT molecular complexity index is 1200. The molecule has 2 aromatic heterocycles. The summed E-state index contributed by atoms with van der Waals surface area (Å²) in [5, 5.41) is 11.9. The number of rotatable bonds is 6. The second kappa shape index (κ2) is 10.2. The van der Waals surface area contributed by atoms with Gasteiger partial charge in [0.25, 0.3) is 0 Å². The van der Waals surface area contributed by atoms with E-state index >= 15 is 0 Å². The molecule has 7 nitrogen and oxygen atoms in total. The number of benzene rings is 1. The molecule has 0 saturated carbocycles.